The molecular formula is C27H35ClFN5O2. The number of amides is 1. The third-order valence-electron chi connectivity index (χ3n) is 7.42. The molecule has 1 atom stereocenters. The van der Waals surface area contributed by atoms with Crippen LogP contribution in [0.25, 0.3) is 0 Å². The van der Waals surface area contributed by atoms with Gasteiger partial charge in [0.25, 0.3) is 5.91 Å². The number of aromatic nitrogens is 2. The predicted octanol–water partition coefficient (Wildman–Crippen LogP) is 5.18. The van der Waals surface area contributed by atoms with Crippen LogP contribution in [0.3, 0.4) is 0 Å². The molecule has 1 saturated carbocycles. The Balaban J connectivity index is 1.48. The summed E-state index contributed by atoms with van der Waals surface area (Å²) in [4.78, 5) is 26.5. The maximum absolute atomic E-state index is 14.2. The fourth-order valence-electron chi connectivity index (χ4n) is 5.38. The lowest BCUT2D eigenvalue weighted by Crippen LogP contribution is -2.40. The van der Waals surface area contributed by atoms with Crippen LogP contribution in [0.1, 0.15) is 73.0 Å². The zero-order valence-corrected chi connectivity index (χ0v) is 22.2. The van der Waals surface area contributed by atoms with E-state index in [-0.39, 0.29) is 30.9 Å². The van der Waals surface area contributed by atoms with Gasteiger partial charge in [0, 0.05) is 24.4 Å². The van der Waals surface area contributed by atoms with E-state index in [4.69, 9.17) is 21.7 Å². The molecule has 7 nitrogen and oxygen atoms in total. The molecule has 36 heavy (non-hydrogen) atoms. The highest BCUT2D eigenvalue weighted by molar-refractivity contribution is 6.31. The van der Waals surface area contributed by atoms with E-state index >= 15 is 0 Å². The van der Waals surface area contributed by atoms with Crippen molar-refractivity contribution in [1.82, 2.24) is 19.8 Å². The van der Waals surface area contributed by atoms with Gasteiger partial charge in [-0.15, -0.1) is 0 Å². The van der Waals surface area contributed by atoms with Crippen LogP contribution in [0.2, 0.25) is 5.02 Å². The number of nitrogens with one attached hydrogen (secondary N) is 1. The van der Waals surface area contributed by atoms with Gasteiger partial charge in [-0.2, -0.15) is 0 Å². The summed E-state index contributed by atoms with van der Waals surface area (Å²) in [7, 11) is 0. The predicted molar refractivity (Wildman–Crippen MR) is 139 cm³/mol. The number of benzene rings is 1. The van der Waals surface area contributed by atoms with Crippen molar-refractivity contribution in [3.8, 4) is 5.75 Å². The van der Waals surface area contributed by atoms with Gasteiger partial charge in [0.05, 0.1) is 40.5 Å². The maximum atomic E-state index is 14.2. The fourth-order valence-corrected chi connectivity index (χ4v) is 5.46. The Hall–Kier alpha value is -2.58. The van der Waals surface area contributed by atoms with E-state index in [1.165, 1.54) is 18.2 Å². The van der Waals surface area contributed by atoms with Gasteiger partial charge in [0.1, 0.15) is 17.4 Å². The third-order valence-corrected chi connectivity index (χ3v) is 7.97. The Morgan fingerprint density at radius 1 is 1.17 bits per heavy atom. The zero-order valence-electron chi connectivity index (χ0n) is 21.5. The van der Waals surface area contributed by atoms with E-state index in [9.17, 15) is 9.18 Å². The monoisotopic (exact) mass is 515 g/mol. The topological polar surface area (TPSA) is 82.4 Å². The SMILES string of the molecule is CCN(CC)C1CCC(Oc2cc(F)ccc2C(=O)N2CC(=N)C(c3nc(C)c(Cl)c(C)n3)C2)CC1. The highest BCUT2D eigenvalue weighted by atomic mass is 35.5. The van der Waals surface area contributed by atoms with Crippen LogP contribution in [0, 0.1) is 25.1 Å². The minimum atomic E-state index is -0.439. The van der Waals surface area contributed by atoms with Gasteiger partial charge >= 0.3 is 0 Å². The molecule has 1 aromatic heterocycles. The molecule has 1 aliphatic heterocycles. The Kier molecular flexibility index (Phi) is 8.25. The summed E-state index contributed by atoms with van der Waals surface area (Å²) in [6.45, 7) is 10.5. The van der Waals surface area contributed by atoms with Crippen molar-refractivity contribution in [1.29, 1.82) is 5.41 Å². The van der Waals surface area contributed by atoms with E-state index < -0.39 is 11.7 Å². The summed E-state index contributed by atoms with van der Waals surface area (Å²) in [5, 5.41) is 9.01. The second kappa shape index (κ2) is 11.2. The van der Waals surface area contributed by atoms with E-state index in [2.05, 4.69) is 28.7 Å². The van der Waals surface area contributed by atoms with Crippen molar-refractivity contribution in [2.75, 3.05) is 26.2 Å². The molecule has 1 saturated heterocycles. The average Bonchev–Trinajstić information content (AvgIpc) is 3.25. The number of hydrogen-bond donors (Lipinski definition) is 1. The molecule has 1 N–H and O–H groups in total. The summed E-state index contributed by atoms with van der Waals surface area (Å²) in [5.74, 6) is -0.350. The minimum absolute atomic E-state index is 0.0526. The fraction of sp³-hybridized carbons (Fsp3) is 0.556. The third kappa shape index (κ3) is 5.54. The lowest BCUT2D eigenvalue weighted by Gasteiger charge is -2.36. The van der Waals surface area contributed by atoms with Gasteiger partial charge in [-0.3, -0.25) is 4.79 Å². The first kappa shape index (κ1) is 26.5. The number of likely N-dealkylation sites (tertiary alicyclic amines) is 1. The first-order chi connectivity index (χ1) is 17.2. The number of aryl methyl sites for hydroxylation is 2. The molecule has 2 aliphatic rings. The highest BCUT2D eigenvalue weighted by Gasteiger charge is 2.36. The first-order valence-corrected chi connectivity index (χ1v) is 13.2. The van der Waals surface area contributed by atoms with Crippen molar-refractivity contribution in [2.45, 2.75) is 71.4 Å². The van der Waals surface area contributed by atoms with Crippen molar-refractivity contribution >= 4 is 23.2 Å². The van der Waals surface area contributed by atoms with Crippen LogP contribution in [-0.2, 0) is 0 Å². The Labute approximate surface area is 217 Å². The number of nitrogens with zero attached hydrogens (tertiary/aromatic N) is 4. The summed E-state index contributed by atoms with van der Waals surface area (Å²) in [5.41, 5.74) is 1.99. The molecule has 0 radical (unpaired) electrons. The molecule has 1 amide bonds. The first-order valence-electron chi connectivity index (χ1n) is 12.8. The number of rotatable bonds is 7. The summed E-state index contributed by atoms with van der Waals surface area (Å²) >= 11 is 6.21. The quantitative estimate of drug-likeness (QED) is 0.549. The molecule has 194 valence electrons. The molecule has 1 aromatic carbocycles. The number of carbonyl (C=O) groups is 1. The van der Waals surface area contributed by atoms with Gasteiger partial charge in [-0.1, -0.05) is 25.4 Å². The summed E-state index contributed by atoms with van der Waals surface area (Å²) in [6, 6.07) is 4.62. The van der Waals surface area contributed by atoms with Crippen molar-refractivity contribution < 1.29 is 13.9 Å². The molecule has 2 heterocycles. The second-order valence-corrected chi connectivity index (χ2v) is 10.1. The Morgan fingerprint density at radius 3 is 2.42 bits per heavy atom. The Bertz CT molecular complexity index is 1110. The molecule has 1 aliphatic carbocycles. The van der Waals surface area contributed by atoms with Crippen LogP contribution in [0.15, 0.2) is 18.2 Å². The van der Waals surface area contributed by atoms with Crippen LogP contribution in [0.5, 0.6) is 5.75 Å². The van der Waals surface area contributed by atoms with Gasteiger partial charge in [0.2, 0.25) is 0 Å². The number of carbonyl (C=O) groups excluding carboxylic acids is 1. The second-order valence-electron chi connectivity index (χ2n) is 9.74. The molecular weight excluding hydrogens is 481 g/mol. The number of hydrogen-bond acceptors (Lipinski definition) is 6. The normalized spacial score (nSPS) is 22.4. The highest BCUT2D eigenvalue weighted by Crippen LogP contribution is 2.32. The van der Waals surface area contributed by atoms with Gasteiger partial charge in [-0.05, 0) is 64.8 Å². The van der Waals surface area contributed by atoms with Crippen LogP contribution in [0.4, 0.5) is 4.39 Å². The maximum Gasteiger partial charge on any atom is 0.257 e. The smallest absolute Gasteiger partial charge is 0.257 e. The van der Waals surface area contributed by atoms with Gasteiger partial charge in [0.15, 0.2) is 0 Å². The van der Waals surface area contributed by atoms with Crippen LogP contribution in [-0.4, -0.2) is 69.7 Å². The lowest BCUT2D eigenvalue weighted by molar-refractivity contribution is 0.0764. The van der Waals surface area contributed by atoms with Gasteiger partial charge in [-0.25, -0.2) is 14.4 Å². The average molecular weight is 516 g/mol. The van der Waals surface area contributed by atoms with E-state index in [1.54, 1.807) is 18.7 Å². The van der Waals surface area contributed by atoms with Gasteiger partial charge < -0.3 is 19.9 Å². The molecule has 0 bridgehead atoms. The standard InChI is InChI=1S/C27H35ClFN5O2/c1-5-33(6-2)19-8-10-20(11-9-19)36-24-13-18(29)7-12-21(24)27(35)34-14-22(23(30)15-34)26-31-16(3)25(28)17(4)32-26/h7,12-13,19-20,22,30H,5-6,8-11,14-15H2,1-4H3. The number of halogens is 2. The summed E-state index contributed by atoms with van der Waals surface area (Å²) < 4.78 is 20.4. The van der Waals surface area contributed by atoms with E-state index in [1.807, 2.05) is 0 Å². The van der Waals surface area contributed by atoms with Crippen molar-refractivity contribution in [2.24, 2.45) is 0 Å². The largest absolute Gasteiger partial charge is 0.489 e. The minimum Gasteiger partial charge on any atom is -0.489 e. The van der Waals surface area contributed by atoms with Crippen LogP contribution < -0.4 is 4.74 Å². The molecule has 9 heteroatoms. The van der Waals surface area contributed by atoms with Crippen LogP contribution >= 0.6 is 11.6 Å². The molecule has 2 fully saturated rings. The van der Waals surface area contributed by atoms with Crippen molar-refractivity contribution in [3.05, 3.63) is 51.8 Å². The molecule has 0 spiro atoms. The van der Waals surface area contributed by atoms with Crippen molar-refractivity contribution in [3.63, 3.8) is 0 Å². The van der Waals surface area contributed by atoms with E-state index in [0.29, 0.717) is 39.6 Å². The lowest BCUT2D eigenvalue weighted by atomic mass is 9.91. The molecule has 1 unspecified atom stereocenters. The molecule has 4 rings (SSSR count). The molecule has 2 aromatic rings. The number of ether oxygens (including phenoxy) is 1. The summed E-state index contributed by atoms with van der Waals surface area (Å²) in [6.07, 6.45) is 3.73. The Morgan fingerprint density at radius 2 is 1.81 bits per heavy atom. The zero-order chi connectivity index (χ0) is 26.0. The van der Waals surface area contributed by atoms with E-state index in [0.717, 1.165) is 38.8 Å².